The fraction of sp³-hybridized carbons (Fsp3) is 0.111. The Hall–Kier alpha value is -1.65. The third kappa shape index (κ3) is 3.22. The molecule has 0 amide bonds. The third-order valence-corrected chi connectivity index (χ3v) is 4.46. The van der Waals surface area contributed by atoms with Crippen molar-refractivity contribution in [3.8, 4) is 0 Å². The topological polar surface area (TPSA) is 111 Å². The predicted molar refractivity (Wildman–Crippen MR) is 75.6 cm³/mol. The smallest absolute Gasteiger partial charge is 0.265 e. The minimum absolute atomic E-state index is 0.000327. The maximum Gasteiger partial charge on any atom is 0.265 e. The van der Waals surface area contributed by atoms with Gasteiger partial charge in [-0.3, -0.25) is 9.71 Å². The molecule has 0 aromatic carbocycles. The van der Waals surface area contributed by atoms with Crippen LogP contribution in [-0.4, -0.2) is 28.6 Å². The molecule has 7 nitrogen and oxygen atoms in total. The van der Waals surface area contributed by atoms with Crippen LogP contribution in [0.2, 0.25) is 0 Å². The summed E-state index contributed by atoms with van der Waals surface area (Å²) >= 11 is 5.88. The molecule has 2 aromatic rings. The zero-order chi connectivity index (χ0) is 14.0. The summed E-state index contributed by atoms with van der Waals surface area (Å²) in [6.07, 6.45) is 1.19. The molecular weight excluding hydrogens is 306 g/mol. The van der Waals surface area contributed by atoms with Gasteiger partial charge in [0.05, 0.1) is 5.69 Å². The van der Waals surface area contributed by atoms with Crippen molar-refractivity contribution in [2.24, 2.45) is 5.73 Å². The van der Waals surface area contributed by atoms with Gasteiger partial charge in [0.1, 0.15) is 14.9 Å². The first-order chi connectivity index (χ1) is 8.88. The lowest BCUT2D eigenvalue weighted by Crippen LogP contribution is -2.15. The standard InChI is InChI=1S/C9H9N5O2S3/c1-5-12-13-9(18-5)14-19(15,16)6-2-3-7(8(10)17)11-4-6/h2-4H,1H3,(H2,10,17)(H,13,14). The second-order valence-electron chi connectivity index (χ2n) is 3.48. The Bertz CT molecular complexity index is 708. The summed E-state index contributed by atoms with van der Waals surface area (Å²) < 4.78 is 26.3. The Morgan fingerprint density at radius 3 is 2.63 bits per heavy atom. The summed E-state index contributed by atoms with van der Waals surface area (Å²) in [5.41, 5.74) is 5.75. The highest BCUT2D eigenvalue weighted by Gasteiger charge is 2.17. The van der Waals surface area contributed by atoms with Crippen molar-refractivity contribution in [3.05, 3.63) is 29.0 Å². The van der Waals surface area contributed by atoms with Crippen molar-refractivity contribution in [1.29, 1.82) is 0 Å². The highest BCUT2D eigenvalue weighted by atomic mass is 32.2. The van der Waals surface area contributed by atoms with Crippen molar-refractivity contribution >= 4 is 43.7 Å². The number of nitrogens with zero attached hydrogens (tertiary/aromatic N) is 3. The molecule has 0 unspecified atom stereocenters. The Morgan fingerprint density at radius 2 is 2.16 bits per heavy atom. The van der Waals surface area contributed by atoms with E-state index < -0.39 is 10.0 Å². The Balaban J connectivity index is 2.26. The van der Waals surface area contributed by atoms with Gasteiger partial charge < -0.3 is 5.73 Å². The Kier molecular flexibility index (Phi) is 3.73. The average molecular weight is 315 g/mol. The van der Waals surface area contributed by atoms with Gasteiger partial charge in [-0.2, -0.15) is 0 Å². The van der Waals surface area contributed by atoms with E-state index in [4.69, 9.17) is 18.0 Å². The molecule has 0 aliphatic rings. The van der Waals surface area contributed by atoms with Gasteiger partial charge in [-0.25, -0.2) is 8.42 Å². The van der Waals surface area contributed by atoms with Crippen LogP contribution in [0.4, 0.5) is 5.13 Å². The molecule has 2 aromatic heterocycles. The van der Waals surface area contributed by atoms with Gasteiger partial charge >= 0.3 is 0 Å². The maximum absolute atomic E-state index is 12.0. The molecule has 0 radical (unpaired) electrons. The van der Waals surface area contributed by atoms with Crippen LogP contribution in [0.1, 0.15) is 10.7 Å². The van der Waals surface area contributed by atoms with Crippen molar-refractivity contribution in [2.75, 3.05) is 4.72 Å². The van der Waals surface area contributed by atoms with E-state index >= 15 is 0 Å². The van der Waals surface area contributed by atoms with Crippen LogP contribution in [0.25, 0.3) is 0 Å². The van der Waals surface area contributed by atoms with E-state index in [0.29, 0.717) is 10.7 Å². The second-order valence-corrected chi connectivity index (χ2v) is 6.78. The van der Waals surface area contributed by atoms with E-state index in [1.54, 1.807) is 6.92 Å². The average Bonchev–Trinajstić information content (AvgIpc) is 2.74. The van der Waals surface area contributed by atoms with Crippen LogP contribution in [0.3, 0.4) is 0 Å². The zero-order valence-corrected chi connectivity index (χ0v) is 12.1. The molecule has 2 heterocycles. The SMILES string of the molecule is Cc1nnc(NS(=O)(=O)c2ccc(C(N)=S)nc2)s1. The van der Waals surface area contributed by atoms with Gasteiger partial charge in [0.25, 0.3) is 10.0 Å². The number of aryl methyl sites for hydroxylation is 1. The van der Waals surface area contributed by atoms with Crippen LogP contribution >= 0.6 is 23.6 Å². The number of pyridine rings is 1. The van der Waals surface area contributed by atoms with Crippen molar-refractivity contribution in [3.63, 3.8) is 0 Å². The molecular formula is C9H9N5O2S3. The van der Waals surface area contributed by atoms with Gasteiger partial charge in [0.15, 0.2) is 0 Å². The fourth-order valence-electron chi connectivity index (χ4n) is 1.20. The van der Waals surface area contributed by atoms with Crippen molar-refractivity contribution < 1.29 is 8.42 Å². The molecule has 2 rings (SSSR count). The number of hydrogen-bond acceptors (Lipinski definition) is 7. The van der Waals surface area contributed by atoms with Gasteiger partial charge in [0, 0.05) is 6.20 Å². The number of anilines is 1. The van der Waals surface area contributed by atoms with Crippen LogP contribution in [0.5, 0.6) is 0 Å². The monoisotopic (exact) mass is 315 g/mol. The molecule has 0 atom stereocenters. The van der Waals surface area contributed by atoms with E-state index in [9.17, 15) is 8.42 Å². The lowest BCUT2D eigenvalue weighted by atomic mass is 10.3. The van der Waals surface area contributed by atoms with Crippen LogP contribution in [0.15, 0.2) is 23.2 Å². The molecule has 0 spiro atoms. The minimum atomic E-state index is -3.73. The first-order valence-electron chi connectivity index (χ1n) is 4.97. The number of sulfonamides is 1. The molecule has 0 saturated carbocycles. The van der Waals surface area contributed by atoms with E-state index in [1.807, 2.05) is 0 Å². The number of hydrogen-bond donors (Lipinski definition) is 2. The molecule has 100 valence electrons. The van der Waals surface area contributed by atoms with Crippen LogP contribution in [-0.2, 0) is 10.0 Å². The van der Waals surface area contributed by atoms with Gasteiger partial charge in [-0.05, 0) is 19.1 Å². The number of nitrogens with two attached hydrogens (primary N) is 1. The highest BCUT2D eigenvalue weighted by Crippen LogP contribution is 2.18. The third-order valence-electron chi connectivity index (χ3n) is 2.05. The Morgan fingerprint density at radius 1 is 1.42 bits per heavy atom. The molecule has 0 saturated heterocycles. The van der Waals surface area contributed by atoms with Gasteiger partial charge in [0.2, 0.25) is 5.13 Å². The first-order valence-corrected chi connectivity index (χ1v) is 7.68. The maximum atomic E-state index is 12.0. The summed E-state index contributed by atoms with van der Waals surface area (Å²) in [6, 6.07) is 2.82. The highest BCUT2D eigenvalue weighted by molar-refractivity contribution is 7.93. The normalized spacial score (nSPS) is 11.2. The lowest BCUT2D eigenvalue weighted by molar-refractivity contribution is 0.600. The van der Waals surface area contributed by atoms with E-state index in [2.05, 4.69) is 19.9 Å². The summed E-state index contributed by atoms with van der Waals surface area (Å²) in [6.45, 7) is 1.73. The molecule has 19 heavy (non-hydrogen) atoms. The zero-order valence-electron chi connectivity index (χ0n) is 9.69. The molecule has 0 aliphatic carbocycles. The molecule has 0 bridgehead atoms. The quantitative estimate of drug-likeness (QED) is 0.798. The van der Waals surface area contributed by atoms with E-state index in [-0.39, 0.29) is 15.0 Å². The fourth-order valence-corrected chi connectivity index (χ4v) is 3.08. The van der Waals surface area contributed by atoms with Crippen molar-refractivity contribution in [2.45, 2.75) is 11.8 Å². The van der Waals surface area contributed by atoms with Gasteiger partial charge in [-0.1, -0.05) is 23.6 Å². The first kappa shape index (κ1) is 13.8. The van der Waals surface area contributed by atoms with E-state index in [0.717, 1.165) is 11.3 Å². The molecule has 0 aliphatic heterocycles. The number of aromatic nitrogens is 3. The van der Waals surface area contributed by atoms with Gasteiger partial charge in [-0.15, -0.1) is 10.2 Å². The van der Waals surface area contributed by atoms with E-state index in [1.165, 1.54) is 18.3 Å². The Labute approximate surface area is 118 Å². The van der Waals surface area contributed by atoms with Crippen molar-refractivity contribution in [1.82, 2.24) is 15.2 Å². The van der Waals surface area contributed by atoms with Crippen LogP contribution < -0.4 is 10.5 Å². The molecule has 10 heteroatoms. The minimum Gasteiger partial charge on any atom is -0.388 e. The number of rotatable bonds is 4. The second kappa shape index (κ2) is 5.15. The number of nitrogens with one attached hydrogen (secondary N) is 1. The summed E-state index contributed by atoms with van der Waals surface area (Å²) in [7, 11) is -3.73. The predicted octanol–water partition coefficient (Wildman–Crippen LogP) is 0.677. The summed E-state index contributed by atoms with van der Waals surface area (Å²) in [5.74, 6) is 0. The largest absolute Gasteiger partial charge is 0.388 e. The van der Waals surface area contributed by atoms with Crippen LogP contribution in [0, 0.1) is 6.92 Å². The summed E-state index contributed by atoms with van der Waals surface area (Å²) in [5, 5.41) is 8.28. The molecule has 3 N–H and O–H groups in total. The lowest BCUT2D eigenvalue weighted by Gasteiger charge is -2.04. The molecule has 0 fully saturated rings. The number of thiocarbonyl (C=S) groups is 1. The summed E-state index contributed by atoms with van der Waals surface area (Å²) in [4.78, 5) is 3.98.